The van der Waals surface area contributed by atoms with Crippen LogP contribution in [0.3, 0.4) is 0 Å². The molecule has 64 valence electrons. The summed E-state index contributed by atoms with van der Waals surface area (Å²) < 4.78 is 2.22. The fourth-order valence-electron chi connectivity index (χ4n) is 1.22. The van der Waals surface area contributed by atoms with Gasteiger partial charge in [0.2, 0.25) is 0 Å². The molecule has 1 aromatic rings. The van der Waals surface area contributed by atoms with Gasteiger partial charge in [0.05, 0.1) is 0 Å². The van der Waals surface area contributed by atoms with E-state index < -0.39 is 18.4 Å². The van der Waals surface area contributed by atoms with Gasteiger partial charge in [0.15, 0.2) is 0 Å². The quantitative estimate of drug-likeness (QED) is 0.604. The zero-order valence-corrected chi connectivity index (χ0v) is 10.4. The molecule has 2 heteroatoms. The van der Waals surface area contributed by atoms with Gasteiger partial charge >= 0.3 is 77.7 Å². The molecule has 1 rings (SSSR count). The van der Waals surface area contributed by atoms with E-state index >= 15 is 0 Å². The molecule has 0 saturated heterocycles. The molecule has 0 aliphatic heterocycles. The average Bonchev–Trinajstić information content (AvgIpc) is 2.06. The van der Waals surface area contributed by atoms with Gasteiger partial charge in [-0.05, 0) is 0 Å². The fraction of sp³-hybridized carbons (Fsp3) is 0.300. The van der Waals surface area contributed by atoms with Crippen LogP contribution in [0.2, 0.25) is 14.3 Å². The van der Waals surface area contributed by atoms with E-state index in [9.17, 15) is 4.79 Å². The van der Waals surface area contributed by atoms with Crippen LogP contribution < -0.4 is 3.58 Å². The Kier molecular flexibility index (Phi) is 3.32. The van der Waals surface area contributed by atoms with Crippen molar-refractivity contribution in [1.29, 1.82) is 0 Å². The molecule has 0 atom stereocenters. The van der Waals surface area contributed by atoms with E-state index in [2.05, 4.69) is 34.1 Å². The first-order chi connectivity index (χ1) is 5.67. The zero-order valence-electron chi connectivity index (χ0n) is 7.58. The summed E-state index contributed by atoms with van der Waals surface area (Å²) >= 11 is -2.18. The molecule has 1 aromatic carbocycles. The van der Waals surface area contributed by atoms with Gasteiger partial charge in [-0.1, -0.05) is 0 Å². The first kappa shape index (κ1) is 9.77. The van der Waals surface area contributed by atoms with E-state index in [1.165, 1.54) is 3.58 Å². The molecule has 0 radical (unpaired) electrons. The fourth-order valence-corrected chi connectivity index (χ4v) is 6.20. The Labute approximate surface area is 77.7 Å². The molecule has 0 saturated carbocycles. The molecule has 12 heavy (non-hydrogen) atoms. The van der Waals surface area contributed by atoms with Crippen molar-refractivity contribution in [1.82, 2.24) is 0 Å². The third-order valence-corrected chi connectivity index (χ3v) is 10.9. The Bertz CT molecular complexity index is 254. The van der Waals surface area contributed by atoms with Gasteiger partial charge in [-0.15, -0.1) is 0 Å². The molecule has 0 aromatic heterocycles. The van der Waals surface area contributed by atoms with Crippen LogP contribution in [-0.4, -0.2) is 24.7 Å². The molecule has 0 fully saturated rings. The summed E-state index contributed by atoms with van der Waals surface area (Å²) in [6.45, 7) is 0. The van der Waals surface area contributed by atoms with E-state index in [0.29, 0.717) is 0 Å². The van der Waals surface area contributed by atoms with Crippen LogP contribution in [0.1, 0.15) is 0 Å². The normalized spacial score (nSPS) is 11.2. The number of carbonyl (C=O) groups excluding carboxylic acids is 1. The molecule has 0 amide bonds. The first-order valence-electron chi connectivity index (χ1n) is 4.16. The van der Waals surface area contributed by atoms with Crippen LogP contribution in [0.25, 0.3) is 0 Å². The van der Waals surface area contributed by atoms with Crippen molar-refractivity contribution < 1.29 is 4.79 Å². The number of rotatable bonds is 3. The third-order valence-electron chi connectivity index (χ3n) is 2.15. The summed E-state index contributed by atoms with van der Waals surface area (Å²) in [4.78, 5) is 15.0. The maximum absolute atomic E-state index is 10.4. The van der Waals surface area contributed by atoms with Crippen molar-refractivity contribution in [3.05, 3.63) is 30.3 Å². The van der Waals surface area contributed by atoms with Crippen LogP contribution in [0, 0.1) is 0 Å². The van der Waals surface area contributed by atoms with Gasteiger partial charge in [-0.3, -0.25) is 0 Å². The minimum atomic E-state index is -2.18. The van der Waals surface area contributed by atoms with E-state index in [4.69, 9.17) is 0 Å². The van der Waals surface area contributed by atoms with E-state index in [0.717, 1.165) is 10.7 Å². The Hall–Kier alpha value is -0.311. The molecule has 0 heterocycles. The third kappa shape index (κ3) is 2.34. The van der Waals surface area contributed by atoms with Crippen LogP contribution in [0.15, 0.2) is 30.3 Å². The predicted octanol–water partition coefficient (Wildman–Crippen LogP) is 1.80. The summed E-state index contributed by atoms with van der Waals surface area (Å²) in [6.07, 6.45) is 1.07. The maximum atomic E-state index is 10.4. The molecule has 0 unspecified atom stereocenters. The molecule has 0 bridgehead atoms. The number of hydrogen-bond acceptors (Lipinski definition) is 1. The number of hydrogen-bond donors (Lipinski definition) is 0. The monoisotopic (exact) mass is 270 g/mol. The number of carbonyl (C=O) groups is 1. The van der Waals surface area contributed by atoms with Gasteiger partial charge in [0.25, 0.3) is 0 Å². The minimum absolute atomic E-state index is 0.790. The number of aldehydes is 1. The molecular weight excluding hydrogens is 255 g/mol. The first-order valence-corrected chi connectivity index (χ1v) is 13.3. The van der Waals surface area contributed by atoms with Crippen molar-refractivity contribution in [3.8, 4) is 0 Å². The Morgan fingerprint density at radius 3 is 2.33 bits per heavy atom. The second-order valence-electron chi connectivity index (χ2n) is 3.62. The summed E-state index contributed by atoms with van der Waals surface area (Å²) in [5.41, 5.74) is 0. The zero-order chi connectivity index (χ0) is 9.03. The Morgan fingerprint density at radius 2 is 1.83 bits per heavy atom. The van der Waals surface area contributed by atoms with Crippen molar-refractivity contribution in [3.63, 3.8) is 0 Å². The van der Waals surface area contributed by atoms with Crippen LogP contribution in [0.4, 0.5) is 0 Å². The summed E-state index contributed by atoms with van der Waals surface area (Å²) in [7, 11) is 0. The van der Waals surface area contributed by atoms with Crippen LogP contribution in [0.5, 0.6) is 0 Å². The van der Waals surface area contributed by atoms with E-state index in [1.54, 1.807) is 0 Å². The van der Waals surface area contributed by atoms with Crippen molar-refractivity contribution in [2.24, 2.45) is 0 Å². The molecule has 0 spiro atoms. The summed E-state index contributed by atoms with van der Waals surface area (Å²) in [5.74, 6) is 0. The molecule has 0 N–H and O–H groups in total. The number of benzene rings is 1. The van der Waals surface area contributed by atoms with Crippen LogP contribution in [-0.2, 0) is 4.79 Å². The van der Waals surface area contributed by atoms with E-state index in [-0.39, 0.29) is 0 Å². The average molecular weight is 269 g/mol. The Balaban J connectivity index is 2.89. The predicted molar refractivity (Wildman–Crippen MR) is 54.4 cm³/mol. The Morgan fingerprint density at radius 1 is 1.25 bits per heavy atom. The van der Waals surface area contributed by atoms with Gasteiger partial charge in [-0.2, -0.15) is 0 Å². The molecular formula is C10H14OSn. The standard InChI is InChI=1S/C6H5.C2H3O.2CH3.Sn/c1-2-4-6-5-3-1;1-2-3;;;/h1-5H;2H,1H2;2*1H3;. The molecule has 0 aliphatic carbocycles. The van der Waals surface area contributed by atoms with Gasteiger partial charge < -0.3 is 0 Å². The second-order valence-corrected chi connectivity index (χ2v) is 17.2. The van der Waals surface area contributed by atoms with Gasteiger partial charge in [0, 0.05) is 0 Å². The van der Waals surface area contributed by atoms with Crippen molar-refractivity contribution in [2.45, 2.75) is 14.3 Å². The van der Waals surface area contributed by atoms with Crippen molar-refractivity contribution >= 4 is 28.2 Å². The molecule has 1 nitrogen and oxygen atoms in total. The summed E-state index contributed by atoms with van der Waals surface area (Å²) in [5, 5.41) is 0. The summed E-state index contributed by atoms with van der Waals surface area (Å²) in [6, 6.07) is 10.4. The second kappa shape index (κ2) is 4.08. The van der Waals surface area contributed by atoms with E-state index in [1.807, 2.05) is 6.07 Å². The molecule has 0 aliphatic rings. The van der Waals surface area contributed by atoms with Crippen LogP contribution >= 0.6 is 0 Å². The SMILES string of the molecule is [CH3][Sn]([CH3])([CH2]C=O)[c]1ccccc1. The van der Waals surface area contributed by atoms with Gasteiger partial charge in [-0.25, -0.2) is 0 Å². The van der Waals surface area contributed by atoms with Crippen molar-refractivity contribution in [2.75, 3.05) is 0 Å². The topological polar surface area (TPSA) is 17.1 Å². The van der Waals surface area contributed by atoms with Gasteiger partial charge in [0.1, 0.15) is 0 Å².